The van der Waals surface area contributed by atoms with Crippen LogP contribution in [-0.2, 0) is 22.1 Å². The van der Waals surface area contributed by atoms with Crippen molar-refractivity contribution in [2.45, 2.75) is 25.9 Å². The zero-order valence-corrected chi connectivity index (χ0v) is 12.7. The van der Waals surface area contributed by atoms with Gasteiger partial charge in [0.2, 0.25) is 0 Å². The third kappa shape index (κ3) is 7.25. The van der Waals surface area contributed by atoms with Gasteiger partial charge in [-0.3, -0.25) is 9.00 Å². The Morgan fingerprint density at radius 1 is 1.40 bits per heavy atom. The van der Waals surface area contributed by atoms with Crippen LogP contribution in [-0.4, -0.2) is 34.8 Å². The van der Waals surface area contributed by atoms with Crippen molar-refractivity contribution < 1.29 is 13.7 Å². The molecule has 0 aliphatic heterocycles. The number of nitrogens with one attached hydrogen (secondary N) is 1. The Morgan fingerprint density at radius 3 is 2.60 bits per heavy atom. The third-order valence-corrected chi connectivity index (χ3v) is 3.61. The maximum atomic E-state index is 11.0. The number of ether oxygens (including phenoxy) is 1. The Morgan fingerprint density at radius 2 is 2.05 bits per heavy atom. The molecule has 2 unspecified atom stereocenters. The monoisotopic (exact) mass is 298 g/mol. The molecule has 20 heavy (non-hydrogen) atoms. The highest BCUT2D eigenvalue weighted by Gasteiger charge is 2.03. The first-order valence-electron chi connectivity index (χ1n) is 6.51. The highest BCUT2D eigenvalue weighted by Crippen LogP contribution is 2.12. The van der Waals surface area contributed by atoms with Gasteiger partial charge in [-0.25, -0.2) is 0 Å². The molecule has 6 heteroatoms. The van der Waals surface area contributed by atoms with Gasteiger partial charge >= 0.3 is 0 Å². The van der Waals surface area contributed by atoms with E-state index in [4.69, 9.17) is 10.5 Å². The van der Waals surface area contributed by atoms with Gasteiger partial charge in [0.05, 0.1) is 0 Å². The Balaban J connectivity index is 2.34. The number of amides is 1. The summed E-state index contributed by atoms with van der Waals surface area (Å²) in [6.07, 6.45) is 2.61. The molecular formula is C14H22N2O3S. The van der Waals surface area contributed by atoms with E-state index in [1.165, 1.54) is 0 Å². The number of benzene rings is 1. The van der Waals surface area contributed by atoms with E-state index in [2.05, 4.69) is 12.2 Å². The van der Waals surface area contributed by atoms with Crippen molar-refractivity contribution in [3.8, 4) is 5.75 Å². The van der Waals surface area contributed by atoms with Gasteiger partial charge in [-0.15, -0.1) is 0 Å². The Hall–Kier alpha value is -1.40. The van der Waals surface area contributed by atoms with Crippen LogP contribution in [0.3, 0.4) is 0 Å². The number of carbonyl (C=O) groups excluding carboxylic acids is 1. The normalized spacial score (nSPS) is 13.7. The van der Waals surface area contributed by atoms with Crippen LogP contribution in [0.2, 0.25) is 0 Å². The minimum Gasteiger partial charge on any atom is -0.484 e. The van der Waals surface area contributed by atoms with Crippen molar-refractivity contribution in [3.05, 3.63) is 29.8 Å². The predicted octanol–water partition coefficient (Wildman–Crippen LogP) is 0.797. The summed E-state index contributed by atoms with van der Waals surface area (Å²) in [5.41, 5.74) is 6.13. The number of carbonyl (C=O) groups is 1. The molecule has 0 heterocycles. The lowest BCUT2D eigenvalue weighted by Gasteiger charge is -2.13. The molecule has 0 spiro atoms. The molecule has 3 N–H and O–H groups in total. The molecule has 1 aromatic rings. The van der Waals surface area contributed by atoms with Crippen molar-refractivity contribution in [1.29, 1.82) is 0 Å². The molecule has 0 saturated heterocycles. The van der Waals surface area contributed by atoms with Gasteiger partial charge in [-0.1, -0.05) is 12.1 Å². The molecule has 1 amide bonds. The predicted molar refractivity (Wildman–Crippen MR) is 81.0 cm³/mol. The number of hydrogen-bond donors (Lipinski definition) is 2. The van der Waals surface area contributed by atoms with Gasteiger partial charge in [0.15, 0.2) is 6.61 Å². The summed E-state index contributed by atoms with van der Waals surface area (Å²) in [6, 6.07) is 7.82. The Bertz CT molecular complexity index is 448. The highest BCUT2D eigenvalue weighted by atomic mass is 32.2. The molecule has 0 fully saturated rings. The van der Waals surface area contributed by atoms with E-state index >= 15 is 0 Å². The molecule has 0 radical (unpaired) electrons. The van der Waals surface area contributed by atoms with Gasteiger partial charge in [-0.2, -0.15) is 0 Å². The second-order valence-electron chi connectivity index (χ2n) is 4.75. The molecule has 1 aromatic carbocycles. The van der Waals surface area contributed by atoms with E-state index < -0.39 is 16.7 Å². The highest BCUT2D eigenvalue weighted by molar-refractivity contribution is 7.84. The van der Waals surface area contributed by atoms with Crippen LogP contribution >= 0.6 is 0 Å². The van der Waals surface area contributed by atoms with E-state index in [1.807, 2.05) is 24.3 Å². The maximum Gasteiger partial charge on any atom is 0.255 e. The van der Waals surface area contributed by atoms with Crippen molar-refractivity contribution in [1.82, 2.24) is 5.32 Å². The summed E-state index contributed by atoms with van der Waals surface area (Å²) in [5, 5.41) is 3.37. The number of rotatable bonds is 9. The van der Waals surface area contributed by atoms with Crippen LogP contribution < -0.4 is 15.8 Å². The standard InChI is InChI=1S/C14H22N2O3S/c1-11(7-8-20(2)18)16-9-12-3-5-13(6-4-12)19-10-14(15)17/h3-6,11,16H,7-10H2,1-2H3,(H2,15,17). The average molecular weight is 298 g/mol. The minimum atomic E-state index is -0.738. The zero-order chi connectivity index (χ0) is 15.0. The van der Waals surface area contributed by atoms with Crippen LogP contribution in [0.4, 0.5) is 0 Å². The van der Waals surface area contributed by atoms with Crippen LogP contribution in [0.1, 0.15) is 18.9 Å². The first-order valence-corrected chi connectivity index (χ1v) is 8.23. The SMILES string of the molecule is CC(CCS(C)=O)NCc1ccc(OCC(N)=O)cc1. The van der Waals surface area contributed by atoms with Crippen LogP contribution in [0.15, 0.2) is 24.3 Å². The quantitative estimate of drug-likeness (QED) is 0.706. The molecule has 5 nitrogen and oxygen atoms in total. The average Bonchev–Trinajstić information content (AvgIpc) is 2.41. The maximum absolute atomic E-state index is 11.0. The molecule has 0 aliphatic rings. The molecule has 0 aromatic heterocycles. The smallest absolute Gasteiger partial charge is 0.255 e. The summed E-state index contributed by atoms with van der Waals surface area (Å²) in [6.45, 7) is 2.72. The zero-order valence-electron chi connectivity index (χ0n) is 11.9. The number of hydrogen-bond acceptors (Lipinski definition) is 4. The van der Waals surface area contributed by atoms with E-state index in [0.717, 1.165) is 18.5 Å². The molecule has 0 aliphatic carbocycles. The van der Waals surface area contributed by atoms with Crippen LogP contribution in [0.5, 0.6) is 5.75 Å². The lowest BCUT2D eigenvalue weighted by Crippen LogP contribution is -2.26. The second kappa shape index (κ2) is 8.71. The summed E-state index contributed by atoms with van der Waals surface area (Å²) < 4.78 is 16.2. The van der Waals surface area contributed by atoms with Gasteiger partial charge < -0.3 is 15.8 Å². The van der Waals surface area contributed by atoms with E-state index in [-0.39, 0.29) is 6.61 Å². The molecule has 2 atom stereocenters. The van der Waals surface area contributed by atoms with Crippen LogP contribution in [0, 0.1) is 0 Å². The van der Waals surface area contributed by atoms with Crippen molar-refractivity contribution in [2.75, 3.05) is 18.6 Å². The first kappa shape index (κ1) is 16.7. The Kier molecular flexibility index (Phi) is 7.25. The van der Waals surface area contributed by atoms with Crippen LogP contribution in [0.25, 0.3) is 0 Å². The van der Waals surface area contributed by atoms with Crippen molar-refractivity contribution in [2.24, 2.45) is 5.73 Å². The van der Waals surface area contributed by atoms with E-state index in [0.29, 0.717) is 17.5 Å². The Labute approximate surface area is 122 Å². The van der Waals surface area contributed by atoms with Gasteiger partial charge in [0, 0.05) is 35.4 Å². The lowest BCUT2D eigenvalue weighted by atomic mass is 10.2. The number of primary amides is 1. The van der Waals surface area contributed by atoms with Crippen molar-refractivity contribution >= 4 is 16.7 Å². The molecule has 0 saturated carbocycles. The second-order valence-corrected chi connectivity index (χ2v) is 6.30. The molecular weight excluding hydrogens is 276 g/mol. The van der Waals surface area contributed by atoms with Gasteiger partial charge in [0.25, 0.3) is 5.91 Å². The molecule has 1 rings (SSSR count). The third-order valence-electron chi connectivity index (χ3n) is 2.80. The van der Waals surface area contributed by atoms with E-state index in [9.17, 15) is 9.00 Å². The largest absolute Gasteiger partial charge is 0.484 e. The first-order chi connectivity index (χ1) is 9.47. The summed E-state index contributed by atoms with van der Waals surface area (Å²) in [7, 11) is -0.738. The molecule has 112 valence electrons. The number of nitrogens with two attached hydrogens (primary N) is 1. The fourth-order valence-corrected chi connectivity index (χ4v) is 2.28. The van der Waals surface area contributed by atoms with E-state index in [1.54, 1.807) is 6.26 Å². The minimum absolute atomic E-state index is 0.108. The summed E-state index contributed by atoms with van der Waals surface area (Å²) >= 11 is 0. The van der Waals surface area contributed by atoms with Gasteiger partial charge in [-0.05, 0) is 31.0 Å². The van der Waals surface area contributed by atoms with Gasteiger partial charge in [0.1, 0.15) is 5.75 Å². The molecule has 0 bridgehead atoms. The van der Waals surface area contributed by atoms with Crippen molar-refractivity contribution in [3.63, 3.8) is 0 Å². The summed E-state index contributed by atoms with van der Waals surface area (Å²) in [5.74, 6) is 0.855. The summed E-state index contributed by atoms with van der Waals surface area (Å²) in [4.78, 5) is 10.6. The topological polar surface area (TPSA) is 81.4 Å². The lowest BCUT2D eigenvalue weighted by molar-refractivity contribution is -0.119. The fourth-order valence-electron chi connectivity index (χ4n) is 1.59. The fraction of sp³-hybridized carbons (Fsp3) is 0.500.